The molecule has 2 atom stereocenters. The van der Waals surface area contributed by atoms with Gasteiger partial charge in [0.2, 0.25) is 0 Å². The largest absolute Gasteiger partial charge is 0.350 e. The summed E-state index contributed by atoms with van der Waals surface area (Å²) in [6.45, 7) is 5.44. The Morgan fingerprint density at radius 1 is 1.47 bits per heavy atom. The van der Waals surface area contributed by atoms with Crippen molar-refractivity contribution in [2.45, 2.75) is 38.6 Å². The van der Waals surface area contributed by atoms with Gasteiger partial charge in [0.05, 0.1) is 4.92 Å². The lowest BCUT2D eigenvalue weighted by molar-refractivity contribution is -0.384. The fourth-order valence-corrected chi connectivity index (χ4v) is 2.08. The van der Waals surface area contributed by atoms with Crippen LogP contribution in [0, 0.1) is 17.0 Å². The second-order valence-electron chi connectivity index (χ2n) is 4.65. The maximum atomic E-state index is 12.1. The van der Waals surface area contributed by atoms with Crippen molar-refractivity contribution < 1.29 is 9.72 Å². The minimum Gasteiger partial charge on any atom is -0.350 e. The number of nitrogens with zero attached hydrogens (tertiary/aromatic N) is 1. The molecular formula is C13H17ClN2O3. The Labute approximate surface area is 117 Å². The number of nitro benzene ring substituents is 1. The van der Waals surface area contributed by atoms with E-state index in [9.17, 15) is 14.9 Å². The van der Waals surface area contributed by atoms with Crippen molar-refractivity contribution >= 4 is 23.2 Å². The Kier molecular flexibility index (Phi) is 5.30. The van der Waals surface area contributed by atoms with Crippen LogP contribution in [0.5, 0.6) is 0 Å². The fraction of sp³-hybridized carbons (Fsp3) is 0.462. The minimum absolute atomic E-state index is 0.0403. The summed E-state index contributed by atoms with van der Waals surface area (Å²) in [7, 11) is 0. The number of carbonyl (C=O) groups excluding carboxylic acids is 1. The third-order valence-corrected chi connectivity index (χ3v) is 2.91. The zero-order valence-corrected chi connectivity index (χ0v) is 11.9. The molecule has 0 aliphatic heterocycles. The van der Waals surface area contributed by atoms with Crippen molar-refractivity contribution in [1.82, 2.24) is 5.32 Å². The van der Waals surface area contributed by atoms with E-state index < -0.39 is 4.92 Å². The van der Waals surface area contributed by atoms with Gasteiger partial charge in [-0.25, -0.2) is 0 Å². The highest BCUT2D eigenvalue weighted by Crippen LogP contribution is 2.17. The molecule has 0 saturated heterocycles. The lowest BCUT2D eigenvalue weighted by Gasteiger charge is -2.15. The van der Waals surface area contributed by atoms with E-state index in [1.807, 2.05) is 13.8 Å². The van der Waals surface area contributed by atoms with E-state index in [1.165, 1.54) is 12.1 Å². The van der Waals surface area contributed by atoms with E-state index in [0.29, 0.717) is 17.5 Å². The number of hydrogen-bond acceptors (Lipinski definition) is 3. The van der Waals surface area contributed by atoms with E-state index in [0.717, 1.165) is 0 Å². The zero-order chi connectivity index (χ0) is 14.6. The van der Waals surface area contributed by atoms with Gasteiger partial charge in [0.25, 0.3) is 11.6 Å². The van der Waals surface area contributed by atoms with E-state index in [4.69, 9.17) is 11.6 Å². The number of nitrogens with one attached hydrogen (secondary N) is 1. The molecule has 6 heteroatoms. The predicted octanol–water partition coefficient (Wildman–Crippen LogP) is 3.04. The van der Waals surface area contributed by atoms with Crippen LogP contribution in [0.4, 0.5) is 5.69 Å². The molecule has 0 bridgehead atoms. The maximum absolute atomic E-state index is 12.1. The number of alkyl halides is 1. The van der Waals surface area contributed by atoms with Crippen LogP contribution in [0.3, 0.4) is 0 Å². The molecule has 0 fully saturated rings. The Bertz CT molecular complexity index is 489. The van der Waals surface area contributed by atoms with Crippen LogP contribution >= 0.6 is 11.6 Å². The number of rotatable bonds is 5. The highest BCUT2D eigenvalue weighted by atomic mass is 35.5. The molecule has 0 saturated carbocycles. The Hall–Kier alpha value is -1.62. The fourth-order valence-electron chi connectivity index (χ4n) is 1.82. The monoisotopic (exact) mass is 284 g/mol. The zero-order valence-electron chi connectivity index (χ0n) is 11.1. The maximum Gasteiger partial charge on any atom is 0.270 e. The van der Waals surface area contributed by atoms with Crippen LogP contribution in [0.1, 0.15) is 36.2 Å². The molecule has 1 rings (SSSR count). The van der Waals surface area contributed by atoms with Gasteiger partial charge < -0.3 is 5.32 Å². The van der Waals surface area contributed by atoms with Crippen LogP contribution < -0.4 is 5.32 Å². The molecule has 1 aromatic rings. The molecule has 104 valence electrons. The number of carbonyl (C=O) groups is 1. The number of non-ortho nitro benzene ring substituents is 1. The molecule has 0 aliphatic rings. The lowest BCUT2D eigenvalue weighted by Crippen LogP contribution is -2.34. The van der Waals surface area contributed by atoms with Gasteiger partial charge in [0.15, 0.2) is 0 Å². The van der Waals surface area contributed by atoms with Gasteiger partial charge in [-0.1, -0.05) is 6.07 Å². The topological polar surface area (TPSA) is 72.2 Å². The first kappa shape index (κ1) is 15.4. The number of amides is 1. The minimum atomic E-state index is -0.513. The van der Waals surface area contributed by atoms with Crippen LogP contribution in [0.2, 0.25) is 0 Å². The molecule has 1 N–H and O–H groups in total. The van der Waals surface area contributed by atoms with Gasteiger partial charge in [0, 0.05) is 29.1 Å². The van der Waals surface area contributed by atoms with Crippen LogP contribution in [-0.2, 0) is 0 Å². The van der Waals surface area contributed by atoms with Crippen LogP contribution in [-0.4, -0.2) is 22.2 Å². The lowest BCUT2D eigenvalue weighted by atomic mass is 10.1. The molecule has 5 nitrogen and oxygen atoms in total. The van der Waals surface area contributed by atoms with Crippen molar-refractivity contribution in [1.29, 1.82) is 0 Å². The highest BCUT2D eigenvalue weighted by molar-refractivity contribution is 6.20. The van der Waals surface area contributed by atoms with Crippen molar-refractivity contribution in [3.63, 3.8) is 0 Å². The third-order valence-electron chi connectivity index (χ3n) is 2.73. The van der Waals surface area contributed by atoms with Gasteiger partial charge >= 0.3 is 0 Å². The summed E-state index contributed by atoms with van der Waals surface area (Å²) in [5.74, 6) is -0.314. The summed E-state index contributed by atoms with van der Waals surface area (Å²) >= 11 is 5.86. The summed E-state index contributed by atoms with van der Waals surface area (Å²) in [4.78, 5) is 22.3. The van der Waals surface area contributed by atoms with E-state index in [-0.39, 0.29) is 23.0 Å². The second kappa shape index (κ2) is 6.52. The normalized spacial score (nSPS) is 13.7. The summed E-state index contributed by atoms with van der Waals surface area (Å²) in [6, 6.07) is 4.17. The number of nitro groups is 1. The van der Waals surface area contributed by atoms with Gasteiger partial charge in [0.1, 0.15) is 0 Å². The molecule has 2 unspecified atom stereocenters. The van der Waals surface area contributed by atoms with E-state index >= 15 is 0 Å². The standard InChI is InChI=1S/C13H17ClN2O3/c1-8-4-5-11(16(18)19)7-12(8)13(17)15-10(3)6-9(2)14/h4-5,7,9-10H,6H2,1-3H3,(H,15,17). The Balaban J connectivity index is 2.87. The quantitative estimate of drug-likeness (QED) is 0.513. The average molecular weight is 285 g/mol. The van der Waals surface area contributed by atoms with Gasteiger partial charge in [-0.15, -0.1) is 11.6 Å². The van der Waals surface area contributed by atoms with E-state index in [1.54, 1.807) is 13.0 Å². The molecule has 1 amide bonds. The smallest absolute Gasteiger partial charge is 0.270 e. The van der Waals surface area contributed by atoms with Gasteiger partial charge in [-0.3, -0.25) is 14.9 Å². The summed E-state index contributed by atoms with van der Waals surface area (Å²) in [5, 5.41) is 13.5. The first-order valence-corrected chi connectivity index (χ1v) is 6.45. The van der Waals surface area contributed by atoms with E-state index in [2.05, 4.69) is 5.32 Å². The molecular weight excluding hydrogens is 268 g/mol. The second-order valence-corrected chi connectivity index (χ2v) is 5.39. The number of benzene rings is 1. The molecule has 0 spiro atoms. The highest BCUT2D eigenvalue weighted by Gasteiger charge is 2.16. The van der Waals surface area contributed by atoms with Crippen molar-refractivity contribution in [2.24, 2.45) is 0 Å². The summed E-state index contributed by atoms with van der Waals surface area (Å²) in [6.07, 6.45) is 0.640. The Morgan fingerprint density at radius 3 is 2.63 bits per heavy atom. The summed E-state index contributed by atoms with van der Waals surface area (Å²) in [5.41, 5.74) is 0.937. The Morgan fingerprint density at radius 2 is 2.11 bits per heavy atom. The third kappa shape index (κ3) is 4.52. The molecule has 0 radical (unpaired) electrons. The number of hydrogen-bond donors (Lipinski definition) is 1. The predicted molar refractivity (Wildman–Crippen MR) is 74.7 cm³/mol. The number of halogens is 1. The molecule has 0 aromatic heterocycles. The average Bonchev–Trinajstić information content (AvgIpc) is 2.27. The van der Waals surface area contributed by atoms with Crippen molar-refractivity contribution in [3.05, 3.63) is 39.4 Å². The summed E-state index contributed by atoms with van der Waals surface area (Å²) < 4.78 is 0. The van der Waals surface area contributed by atoms with Gasteiger partial charge in [-0.2, -0.15) is 0 Å². The van der Waals surface area contributed by atoms with Crippen LogP contribution in [0.25, 0.3) is 0 Å². The first-order chi connectivity index (χ1) is 8.81. The van der Waals surface area contributed by atoms with Crippen LogP contribution in [0.15, 0.2) is 18.2 Å². The molecule has 19 heavy (non-hydrogen) atoms. The molecule has 1 aromatic carbocycles. The van der Waals surface area contributed by atoms with Crippen molar-refractivity contribution in [3.8, 4) is 0 Å². The first-order valence-electron chi connectivity index (χ1n) is 6.01. The van der Waals surface area contributed by atoms with Crippen molar-refractivity contribution in [2.75, 3.05) is 0 Å². The molecule has 0 aliphatic carbocycles. The van der Waals surface area contributed by atoms with Gasteiger partial charge in [-0.05, 0) is 32.8 Å². The SMILES string of the molecule is Cc1ccc([N+](=O)[O-])cc1C(=O)NC(C)CC(C)Cl. The molecule has 0 heterocycles. The number of aryl methyl sites for hydroxylation is 1.